The molecule has 0 saturated carbocycles. The number of aromatic hydroxyl groups is 1. The molecule has 0 aliphatic heterocycles. The van der Waals surface area contributed by atoms with Crippen molar-refractivity contribution in [3.8, 4) is 22.6 Å². The van der Waals surface area contributed by atoms with Crippen molar-refractivity contribution in [3.05, 3.63) is 59.9 Å². The van der Waals surface area contributed by atoms with E-state index in [9.17, 15) is 24.5 Å². The van der Waals surface area contributed by atoms with E-state index in [0.29, 0.717) is 22.4 Å². The van der Waals surface area contributed by atoms with Crippen LogP contribution in [-0.2, 0) is 16.1 Å². The lowest BCUT2D eigenvalue weighted by atomic mass is 10.0. The molecule has 2 rings (SSSR count). The average Bonchev–Trinajstić information content (AvgIpc) is 2.69. The highest BCUT2D eigenvalue weighted by Gasteiger charge is 2.14. The molecule has 6 nitrogen and oxygen atoms in total. The Balaban J connectivity index is 2.31. The smallest absolute Gasteiger partial charge is 0.333 e. The predicted molar refractivity (Wildman–Crippen MR) is 101 cm³/mol. The van der Waals surface area contributed by atoms with Gasteiger partial charge in [-0.25, -0.2) is 9.18 Å². The first-order valence-corrected chi connectivity index (χ1v) is 8.64. The number of phenols is 1. The average molecular weight is 390 g/mol. The molecular formula is C21H23FO6. The lowest BCUT2D eigenvalue weighted by Gasteiger charge is -2.17. The van der Waals surface area contributed by atoms with Gasteiger partial charge in [0.15, 0.2) is 11.6 Å². The largest absolute Gasteiger partial charge is 0.505 e. The molecule has 0 fully saturated rings. The molecule has 28 heavy (non-hydrogen) atoms. The standard InChI is InChI=1S/C21H23FO6/c1-13(2)21(26)28-12-17-7-15(16-3-5-19(25)18(22)8-16)4-6-20(17)27-11-14(9-23)10-24/h3-8,14,23-25H,1,9-12H2,2H3. The van der Waals surface area contributed by atoms with Gasteiger partial charge in [0.2, 0.25) is 0 Å². The maximum Gasteiger partial charge on any atom is 0.333 e. The summed E-state index contributed by atoms with van der Waals surface area (Å²) in [5.74, 6) is -1.79. The third-order valence-electron chi connectivity index (χ3n) is 4.04. The Labute approximate surface area is 162 Å². The second-order valence-electron chi connectivity index (χ2n) is 6.39. The SMILES string of the molecule is C=C(C)C(=O)OCc1cc(-c2ccc(O)c(F)c2)ccc1OCC(CO)CO. The summed E-state index contributed by atoms with van der Waals surface area (Å²) in [5.41, 5.74) is 1.93. The van der Waals surface area contributed by atoms with Gasteiger partial charge >= 0.3 is 5.97 Å². The summed E-state index contributed by atoms with van der Waals surface area (Å²) in [6, 6.07) is 9.02. The monoisotopic (exact) mass is 390 g/mol. The summed E-state index contributed by atoms with van der Waals surface area (Å²) in [6.45, 7) is 4.56. The van der Waals surface area contributed by atoms with Crippen LogP contribution in [0.5, 0.6) is 11.5 Å². The summed E-state index contributed by atoms with van der Waals surface area (Å²) >= 11 is 0. The topological polar surface area (TPSA) is 96.2 Å². The molecule has 2 aromatic rings. The summed E-state index contributed by atoms with van der Waals surface area (Å²) in [4.78, 5) is 11.7. The van der Waals surface area contributed by atoms with Crippen molar-refractivity contribution in [1.82, 2.24) is 0 Å². The van der Waals surface area contributed by atoms with Crippen molar-refractivity contribution in [2.75, 3.05) is 19.8 Å². The number of hydrogen-bond donors (Lipinski definition) is 3. The number of rotatable bonds is 9. The summed E-state index contributed by atoms with van der Waals surface area (Å²) in [7, 11) is 0. The number of carbonyl (C=O) groups is 1. The molecule has 0 radical (unpaired) electrons. The third kappa shape index (κ3) is 5.55. The van der Waals surface area contributed by atoms with Crippen LogP contribution >= 0.6 is 0 Å². The number of hydrogen-bond acceptors (Lipinski definition) is 6. The molecule has 7 heteroatoms. The number of esters is 1. The van der Waals surface area contributed by atoms with Gasteiger partial charge in [-0.3, -0.25) is 0 Å². The van der Waals surface area contributed by atoms with Crippen LogP contribution in [0.15, 0.2) is 48.6 Å². The first-order chi connectivity index (χ1) is 13.3. The fourth-order valence-electron chi connectivity index (χ4n) is 2.34. The fraction of sp³-hybridized carbons (Fsp3) is 0.286. The third-order valence-corrected chi connectivity index (χ3v) is 4.04. The van der Waals surface area contributed by atoms with Gasteiger partial charge in [-0.15, -0.1) is 0 Å². The lowest BCUT2D eigenvalue weighted by Crippen LogP contribution is -2.20. The highest BCUT2D eigenvalue weighted by Crippen LogP contribution is 2.30. The van der Waals surface area contributed by atoms with Crippen molar-refractivity contribution in [2.24, 2.45) is 5.92 Å². The molecule has 0 spiro atoms. The van der Waals surface area contributed by atoms with Gasteiger partial charge in [0.25, 0.3) is 0 Å². The molecule has 0 amide bonds. The number of carbonyl (C=O) groups excluding carboxylic acids is 1. The number of aliphatic hydroxyl groups is 2. The van der Waals surface area contributed by atoms with Gasteiger partial charge in [-0.1, -0.05) is 18.7 Å². The van der Waals surface area contributed by atoms with E-state index in [4.69, 9.17) is 9.47 Å². The number of aliphatic hydroxyl groups excluding tert-OH is 2. The quantitative estimate of drug-likeness (QED) is 0.450. The van der Waals surface area contributed by atoms with Crippen LogP contribution in [0.1, 0.15) is 12.5 Å². The Morgan fingerprint density at radius 3 is 2.39 bits per heavy atom. The first-order valence-electron chi connectivity index (χ1n) is 8.64. The van der Waals surface area contributed by atoms with Crippen molar-refractivity contribution < 1.29 is 34.0 Å². The van der Waals surface area contributed by atoms with Gasteiger partial charge in [-0.2, -0.15) is 0 Å². The number of benzene rings is 2. The molecule has 0 aliphatic rings. The summed E-state index contributed by atoms with van der Waals surface area (Å²) < 4.78 is 24.5. The minimum Gasteiger partial charge on any atom is -0.505 e. The minimum atomic E-state index is -0.748. The normalized spacial score (nSPS) is 10.8. The maximum absolute atomic E-state index is 13.7. The molecule has 150 valence electrons. The van der Waals surface area contributed by atoms with Gasteiger partial charge in [0.1, 0.15) is 12.4 Å². The highest BCUT2D eigenvalue weighted by atomic mass is 19.1. The molecule has 0 unspecified atom stereocenters. The number of phenolic OH excluding ortho intramolecular Hbond substituents is 1. The molecule has 3 N–H and O–H groups in total. The lowest BCUT2D eigenvalue weighted by molar-refractivity contribution is -0.140. The van der Waals surface area contributed by atoms with Gasteiger partial charge < -0.3 is 24.8 Å². The molecule has 0 saturated heterocycles. The molecule has 0 bridgehead atoms. The van der Waals surface area contributed by atoms with Crippen LogP contribution in [0, 0.1) is 11.7 Å². The zero-order valence-corrected chi connectivity index (χ0v) is 15.5. The van der Waals surface area contributed by atoms with Crippen LogP contribution in [-0.4, -0.2) is 41.1 Å². The van der Waals surface area contributed by atoms with Gasteiger partial charge in [-0.05, 0) is 42.3 Å². The van der Waals surface area contributed by atoms with Crippen molar-refractivity contribution in [3.63, 3.8) is 0 Å². The Morgan fingerprint density at radius 2 is 1.79 bits per heavy atom. The predicted octanol–water partition coefficient (Wildman–Crippen LogP) is 2.80. The molecule has 0 atom stereocenters. The van der Waals surface area contributed by atoms with Crippen LogP contribution in [0.3, 0.4) is 0 Å². The van der Waals surface area contributed by atoms with E-state index in [2.05, 4.69) is 6.58 Å². The Bertz CT molecular complexity index is 845. The molecule has 2 aromatic carbocycles. The van der Waals surface area contributed by atoms with Gasteiger partial charge in [0, 0.05) is 17.1 Å². The summed E-state index contributed by atoms with van der Waals surface area (Å²) in [5, 5.41) is 27.7. The number of ether oxygens (including phenoxy) is 2. The van der Waals surface area contributed by atoms with E-state index in [0.717, 1.165) is 0 Å². The minimum absolute atomic E-state index is 0.0710. The maximum atomic E-state index is 13.7. The second-order valence-corrected chi connectivity index (χ2v) is 6.39. The van der Waals surface area contributed by atoms with E-state index in [1.807, 2.05) is 0 Å². The van der Waals surface area contributed by atoms with Gasteiger partial charge in [0.05, 0.1) is 19.8 Å². The van der Waals surface area contributed by atoms with E-state index >= 15 is 0 Å². The van der Waals surface area contributed by atoms with Crippen LogP contribution in [0.2, 0.25) is 0 Å². The number of halogens is 1. The molecule has 0 aliphatic carbocycles. The Kier molecular flexibility index (Phi) is 7.54. The first kappa shape index (κ1) is 21.4. The zero-order valence-electron chi connectivity index (χ0n) is 15.5. The molecular weight excluding hydrogens is 367 g/mol. The van der Waals surface area contributed by atoms with E-state index in [1.165, 1.54) is 19.1 Å². The Hall–Kier alpha value is -2.90. The van der Waals surface area contributed by atoms with Crippen molar-refractivity contribution in [2.45, 2.75) is 13.5 Å². The fourth-order valence-corrected chi connectivity index (χ4v) is 2.34. The second kappa shape index (κ2) is 9.87. The molecule has 0 aromatic heterocycles. The van der Waals surface area contributed by atoms with Crippen LogP contribution < -0.4 is 4.74 Å². The summed E-state index contributed by atoms with van der Waals surface area (Å²) in [6.07, 6.45) is 0. The van der Waals surface area contributed by atoms with E-state index in [1.54, 1.807) is 24.3 Å². The van der Waals surface area contributed by atoms with Crippen molar-refractivity contribution in [1.29, 1.82) is 0 Å². The van der Waals surface area contributed by atoms with Crippen molar-refractivity contribution >= 4 is 5.97 Å². The Morgan fingerprint density at radius 1 is 1.14 bits per heavy atom. The van der Waals surface area contributed by atoms with Crippen LogP contribution in [0.25, 0.3) is 11.1 Å². The van der Waals surface area contributed by atoms with E-state index < -0.39 is 23.5 Å². The zero-order chi connectivity index (χ0) is 20.7. The van der Waals surface area contributed by atoms with Crippen LogP contribution in [0.4, 0.5) is 4.39 Å². The molecule has 0 heterocycles. The van der Waals surface area contributed by atoms with E-state index in [-0.39, 0.29) is 32.0 Å². The highest BCUT2D eigenvalue weighted by molar-refractivity contribution is 5.87.